The summed E-state index contributed by atoms with van der Waals surface area (Å²) in [7, 11) is -1.67. The average Bonchev–Trinajstić information content (AvgIpc) is 2.85. The van der Waals surface area contributed by atoms with Crippen molar-refractivity contribution in [2.24, 2.45) is 18.7 Å². The van der Waals surface area contributed by atoms with E-state index in [1.165, 1.54) is 16.8 Å². The van der Waals surface area contributed by atoms with Crippen molar-refractivity contribution in [3.63, 3.8) is 0 Å². The first-order valence-corrected chi connectivity index (χ1v) is 6.66. The van der Waals surface area contributed by atoms with Crippen molar-refractivity contribution in [2.45, 2.75) is 11.4 Å². The smallest absolute Gasteiger partial charge is 0.262 e. The third kappa shape index (κ3) is 1.98. The van der Waals surface area contributed by atoms with Crippen LogP contribution < -0.4 is 5.73 Å². The van der Waals surface area contributed by atoms with Gasteiger partial charge in [0.25, 0.3) is 10.0 Å². The van der Waals surface area contributed by atoms with Crippen LogP contribution in [0.1, 0.15) is 6.42 Å². The third-order valence-electron chi connectivity index (χ3n) is 2.87. The number of nitrogens with two attached hydrogens (primary N) is 1. The minimum Gasteiger partial charge on any atom is -0.339 e. The minimum atomic E-state index is -3.42. The van der Waals surface area contributed by atoms with Gasteiger partial charge in [-0.2, -0.15) is 4.31 Å². The molecular weight excluding hydrogens is 228 g/mol. The fourth-order valence-corrected chi connectivity index (χ4v) is 3.36. The van der Waals surface area contributed by atoms with Crippen molar-refractivity contribution in [3.8, 4) is 0 Å². The van der Waals surface area contributed by atoms with Crippen molar-refractivity contribution in [2.75, 3.05) is 19.6 Å². The van der Waals surface area contributed by atoms with Gasteiger partial charge in [0.15, 0.2) is 5.03 Å². The molecule has 0 radical (unpaired) electrons. The summed E-state index contributed by atoms with van der Waals surface area (Å²) < 4.78 is 27.3. The zero-order chi connectivity index (χ0) is 11.8. The number of rotatable bonds is 3. The highest BCUT2D eigenvalue weighted by atomic mass is 32.2. The zero-order valence-electron chi connectivity index (χ0n) is 9.20. The zero-order valence-corrected chi connectivity index (χ0v) is 10.0. The molecule has 1 unspecified atom stereocenters. The van der Waals surface area contributed by atoms with Crippen LogP contribution in [0.2, 0.25) is 0 Å². The lowest BCUT2D eigenvalue weighted by Crippen LogP contribution is -2.30. The largest absolute Gasteiger partial charge is 0.339 e. The van der Waals surface area contributed by atoms with E-state index in [9.17, 15) is 8.42 Å². The Balaban J connectivity index is 2.21. The molecule has 90 valence electrons. The third-order valence-corrected chi connectivity index (χ3v) is 4.62. The topological polar surface area (TPSA) is 81.2 Å². The van der Waals surface area contributed by atoms with E-state index in [0.29, 0.717) is 19.6 Å². The molecule has 1 aliphatic heterocycles. The van der Waals surface area contributed by atoms with Crippen LogP contribution in [0, 0.1) is 5.92 Å². The fraction of sp³-hybridized carbons (Fsp3) is 0.667. The molecule has 0 aliphatic carbocycles. The van der Waals surface area contributed by atoms with E-state index in [2.05, 4.69) is 4.98 Å². The van der Waals surface area contributed by atoms with Crippen LogP contribution in [0.5, 0.6) is 0 Å². The lowest BCUT2D eigenvalue weighted by Gasteiger charge is -2.14. The Morgan fingerprint density at radius 1 is 1.62 bits per heavy atom. The van der Waals surface area contributed by atoms with Gasteiger partial charge in [0.1, 0.15) is 0 Å². The molecule has 1 fully saturated rings. The van der Waals surface area contributed by atoms with E-state index in [1.807, 2.05) is 0 Å². The molecule has 2 N–H and O–H groups in total. The molecule has 1 aromatic rings. The summed E-state index contributed by atoms with van der Waals surface area (Å²) in [6.07, 6.45) is 3.84. The number of hydrogen-bond donors (Lipinski definition) is 1. The quantitative estimate of drug-likeness (QED) is 0.769. The molecule has 2 rings (SSSR count). The van der Waals surface area contributed by atoms with Crippen molar-refractivity contribution in [1.29, 1.82) is 0 Å². The van der Waals surface area contributed by atoms with Gasteiger partial charge in [0.05, 0.1) is 6.33 Å². The van der Waals surface area contributed by atoms with Crippen LogP contribution >= 0.6 is 0 Å². The highest BCUT2D eigenvalue weighted by molar-refractivity contribution is 7.89. The maximum absolute atomic E-state index is 12.1. The summed E-state index contributed by atoms with van der Waals surface area (Å²) in [5, 5.41) is 0.118. The lowest BCUT2D eigenvalue weighted by molar-refractivity contribution is 0.457. The van der Waals surface area contributed by atoms with E-state index in [-0.39, 0.29) is 10.9 Å². The fourth-order valence-electron chi connectivity index (χ4n) is 1.86. The standard InChI is InChI=1S/C9H16N4O2S/c1-12-6-9(11-7-12)16(14,15)13-3-2-8(4-10)5-13/h6-8H,2-5,10H2,1H3. The molecule has 0 bridgehead atoms. The molecule has 6 nitrogen and oxygen atoms in total. The maximum atomic E-state index is 12.1. The number of aromatic nitrogens is 2. The molecule has 7 heteroatoms. The van der Waals surface area contributed by atoms with Gasteiger partial charge >= 0.3 is 0 Å². The van der Waals surface area contributed by atoms with Crippen molar-refractivity contribution in [1.82, 2.24) is 13.9 Å². The first-order chi connectivity index (χ1) is 7.54. The number of sulfonamides is 1. The summed E-state index contributed by atoms with van der Waals surface area (Å²) in [5.74, 6) is 0.276. The van der Waals surface area contributed by atoms with Gasteiger partial charge < -0.3 is 10.3 Å². The number of hydrogen-bond acceptors (Lipinski definition) is 4. The number of nitrogens with zero attached hydrogens (tertiary/aromatic N) is 3. The molecule has 0 spiro atoms. The van der Waals surface area contributed by atoms with Crippen LogP contribution in [-0.4, -0.2) is 41.9 Å². The van der Waals surface area contributed by atoms with Crippen LogP contribution in [0.15, 0.2) is 17.6 Å². The van der Waals surface area contributed by atoms with Crippen molar-refractivity contribution >= 4 is 10.0 Å². The van der Waals surface area contributed by atoms with E-state index in [1.54, 1.807) is 11.6 Å². The maximum Gasteiger partial charge on any atom is 0.262 e. The van der Waals surface area contributed by atoms with E-state index in [4.69, 9.17) is 5.73 Å². The molecule has 2 heterocycles. The van der Waals surface area contributed by atoms with Gasteiger partial charge in [-0.15, -0.1) is 0 Å². The van der Waals surface area contributed by atoms with Crippen LogP contribution in [0.4, 0.5) is 0 Å². The predicted octanol–water partition coefficient (Wildman–Crippen LogP) is -0.611. The molecule has 1 aromatic heterocycles. The van der Waals surface area contributed by atoms with Crippen molar-refractivity contribution < 1.29 is 8.42 Å². The Morgan fingerprint density at radius 3 is 2.88 bits per heavy atom. The van der Waals surface area contributed by atoms with Gasteiger partial charge in [-0.05, 0) is 18.9 Å². The van der Waals surface area contributed by atoms with Crippen LogP contribution in [-0.2, 0) is 17.1 Å². The number of imidazole rings is 1. The highest BCUT2D eigenvalue weighted by Crippen LogP contribution is 2.22. The second-order valence-electron chi connectivity index (χ2n) is 4.13. The first kappa shape index (κ1) is 11.6. The normalized spacial score (nSPS) is 22.8. The van der Waals surface area contributed by atoms with E-state index < -0.39 is 10.0 Å². The molecular formula is C9H16N4O2S. The molecule has 0 amide bonds. The molecule has 1 atom stereocenters. The minimum absolute atomic E-state index is 0.118. The Kier molecular flexibility index (Phi) is 3.00. The average molecular weight is 244 g/mol. The Bertz CT molecular complexity index is 468. The highest BCUT2D eigenvalue weighted by Gasteiger charge is 2.33. The SMILES string of the molecule is Cn1cnc(S(=O)(=O)N2CCC(CN)C2)c1. The summed E-state index contributed by atoms with van der Waals surface area (Å²) in [6, 6.07) is 0. The van der Waals surface area contributed by atoms with Crippen molar-refractivity contribution in [3.05, 3.63) is 12.5 Å². The van der Waals surface area contributed by atoms with Gasteiger partial charge in [0, 0.05) is 26.3 Å². The van der Waals surface area contributed by atoms with Gasteiger partial charge in [-0.1, -0.05) is 0 Å². The van der Waals surface area contributed by atoms with E-state index in [0.717, 1.165) is 6.42 Å². The second kappa shape index (κ2) is 4.15. The first-order valence-electron chi connectivity index (χ1n) is 5.22. The van der Waals surface area contributed by atoms with Gasteiger partial charge in [-0.25, -0.2) is 13.4 Å². The Labute approximate surface area is 95.1 Å². The van der Waals surface area contributed by atoms with Crippen LogP contribution in [0.25, 0.3) is 0 Å². The van der Waals surface area contributed by atoms with E-state index >= 15 is 0 Å². The molecule has 0 saturated carbocycles. The molecule has 16 heavy (non-hydrogen) atoms. The molecule has 1 saturated heterocycles. The summed E-state index contributed by atoms with van der Waals surface area (Å²) in [4.78, 5) is 3.88. The lowest BCUT2D eigenvalue weighted by atomic mass is 10.1. The van der Waals surface area contributed by atoms with Gasteiger partial charge in [-0.3, -0.25) is 0 Å². The molecule has 1 aliphatic rings. The summed E-state index contributed by atoms with van der Waals surface area (Å²) in [5.41, 5.74) is 5.54. The predicted molar refractivity (Wildman–Crippen MR) is 59.1 cm³/mol. The Hall–Kier alpha value is -0.920. The number of aryl methyl sites for hydroxylation is 1. The monoisotopic (exact) mass is 244 g/mol. The van der Waals surface area contributed by atoms with Crippen LogP contribution in [0.3, 0.4) is 0 Å². The molecule has 0 aromatic carbocycles. The summed E-state index contributed by atoms with van der Waals surface area (Å²) >= 11 is 0. The Morgan fingerprint density at radius 2 is 2.38 bits per heavy atom. The van der Waals surface area contributed by atoms with Gasteiger partial charge in [0.2, 0.25) is 0 Å². The summed E-state index contributed by atoms with van der Waals surface area (Å²) in [6.45, 7) is 1.59. The second-order valence-corrected chi connectivity index (χ2v) is 6.02.